The summed E-state index contributed by atoms with van der Waals surface area (Å²) in [6, 6.07) is 0.309. The summed E-state index contributed by atoms with van der Waals surface area (Å²) in [5.41, 5.74) is 1.37. The Balaban J connectivity index is 1.37. The minimum Gasteiger partial charge on any atom is -0.379 e. The quantitative estimate of drug-likeness (QED) is 0.811. The predicted octanol–water partition coefficient (Wildman–Crippen LogP) is 0.782. The molecule has 0 bridgehead atoms. The molecule has 2 atom stereocenters. The van der Waals surface area contributed by atoms with Crippen LogP contribution in [0.15, 0.2) is 6.20 Å². The topological polar surface area (TPSA) is 55.6 Å². The third-order valence-electron chi connectivity index (χ3n) is 5.42. The highest BCUT2D eigenvalue weighted by Gasteiger charge is 2.38. The van der Waals surface area contributed by atoms with Crippen molar-refractivity contribution < 1.29 is 9.47 Å². The average molecular weight is 335 g/mol. The smallest absolute Gasteiger partial charge is 0.0929 e. The van der Waals surface area contributed by atoms with Crippen LogP contribution in [0.2, 0.25) is 0 Å². The van der Waals surface area contributed by atoms with Gasteiger partial charge in [0.25, 0.3) is 0 Å². The number of rotatable bonds is 4. The first-order valence-electron chi connectivity index (χ1n) is 9.14. The molecule has 3 aliphatic rings. The maximum absolute atomic E-state index is 6.02. The summed E-state index contributed by atoms with van der Waals surface area (Å²) in [6.45, 7) is 13.6. The van der Waals surface area contributed by atoms with E-state index in [4.69, 9.17) is 9.47 Å². The number of hydrogen-bond acceptors (Lipinski definition) is 6. The zero-order chi connectivity index (χ0) is 16.6. The number of ether oxygens (including phenoxy) is 2. The van der Waals surface area contributed by atoms with E-state index >= 15 is 0 Å². The van der Waals surface area contributed by atoms with Gasteiger partial charge >= 0.3 is 0 Å². The summed E-state index contributed by atoms with van der Waals surface area (Å²) in [4.78, 5) is 5.12. The molecule has 2 fully saturated rings. The third-order valence-corrected chi connectivity index (χ3v) is 5.42. The normalized spacial score (nSPS) is 29.2. The van der Waals surface area contributed by atoms with E-state index in [1.165, 1.54) is 0 Å². The molecular weight excluding hydrogens is 306 g/mol. The molecule has 134 valence electrons. The lowest BCUT2D eigenvalue weighted by Gasteiger charge is -2.44. The van der Waals surface area contributed by atoms with Crippen LogP contribution in [0, 0.1) is 5.41 Å². The van der Waals surface area contributed by atoms with E-state index in [9.17, 15) is 0 Å². The fourth-order valence-corrected chi connectivity index (χ4v) is 4.41. The SMILES string of the molecule is CC(C)(CN1CCOCC1)CN1CCC2OCc3cnnn3C2C1. The van der Waals surface area contributed by atoms with Crippen molar-refractivity contribution in [2.75, 3.05) is 52.5 Å². The Hall–Kier alpha value is -1.02. The minimum absolute atomic E-state index is 0.269. The summed E-state index contributed by atoms with van der Waals surface area (Å²) in [5, 5.41) is 8.37. The number of fused-ring (bicyclic) bond motifs is 3. The Labute approximate surface area is 143 Å². The van der Waals surface area contributed by atoms with Crippen LogP contribution in [0.4, 0.5) is 0 Å². The van der Waals surface area contributed by atoms with E-state index in [0.717, 1.165) is 64.6 Å². The standard InChI is InChI=1S/C17H29N5O2/c1-17(2,12-20-5-7-23-8-6-20)13-21-4-3-16-15(10-21)22-14(11-24-16)9-18-19-22/h9,15-16H,3-8,10-13H2,1-2H3. The summed E-state index contributed by atoms with van der Waals surface area (Å²) in [5.74, 6) is 0. The number of piperidine rings is 1. The molecular formula is C17H29N5O2. The summed E-state index contributed by atoms with van der Waals surface area (Å²) in [7, 11) is 0. The Morgan fingerprint density at radius 1 is 1.17 bits per heavy atom. The molecule has 1 aromatic heterocycles. The van der Waals surface area contributed by atoms with Crippen LogP contribution in [0.3, 0.4) is 0 Å². The highest BCUT2D eigenvalue weighted by Crippen LogP contribution is 2.31. The van der Waals surface area contributed by atoms with Gasteiger partial charge < -0.3 is 14.4 Å². The van der Waals surface area contributed by atoms with Gasteiger partial charge in [0.15, 0.2) is 0 Å². The highest BCUT2D eigenvalue weighted by atomic mass is 16.5. The van der Waals surface area contributed by atoms with Gasteiger partial charge in [0.2, 0.25) is 0 Å². The highest BCUT2D eigenvalue weighted by molar-refractivity contribution is 5.01. The first-order chi connectivity index (χ1) is 11.6. The molecule has 4 rings (SSSR count). The molecule has 24 heavy (non-hydrogen) atoms. The summed E-state index contributed by atoms with van der Waals surface area (Å²) >= 11 is 0. The fraction of sp³-hybridized carbons (Fsp3) is 0.882. The molecule has 0 amide bonds. The number of aromatic nitrogens is 3. The molecule has 2 unspecified atom stereocenters. The van der Waals surface area contributed by atoms with Gasteiger partial charge in [-0.15, -0.1) is 5.10 Å². The first kappa shape index (κ1) is 16.4. The summed E-state index contributed by atoms with van der Waals surface area (Å²) in [6.07, 6.45) is 3.20. The number of morpholine rings is 1. The van der Waals surface area contributed by atoms with E-state index in [0.29, 0.717) is 12.6 Å². The minimum atomic E-state index is 0.269. The van der Waals surface area contributed by atoms with E-state index in [2.05, 4.69) is 38.6 Å². The molecule has 3 aliphatic heterocycles. The molecule has 0 aromatic carbocycles. The Morgan fingerprint density at radius 3 is 2.79 bits per heavy atom. The lowest BCUT2D eigenvalue weighted by Crippen LogP contribution is -2.52. The third kappa shape index (κ3) is 3.49. The van der Waals surface area contributed by atoms with E-state index < -0.39 is 0 Å². The molecule has 7 heteroatoms. The van der Waals surface area contributed by atoms with Crippen LogP contribution in [0.5, 0.6) is 0 Å². The van der Waals surface area contributed by atoms with E-state index in [1.807, 2.05) is 6.20 Å². The van der Waals surface area contributed by atoms with Gasteiger partial charge in [0, 0.05) is 39.3 Å². The maximum atomic E-state index is 6.02. The van der Waals surface area contributed by atoms with Crippen molar-refractivity contribution in [2.24, 2.45) is 5.41 Å². The second-order valence-electron chi connectivity index (χ2n) is 8.16. The fourth-order valence-electron chi connectivity index (χ4n) is 4.41. The molecule has 7 nitrogen and oxygen atoms in total. The molecule has 0 spiro atoms. The number of hydrogen-bond donors (Lipinski definition) is 0. The molecule has 0 aliphatic carbocycles. The second-order valence-corrected chi connectivity index (χ2v) is 8.16. The van der Waals surface area contributed by atoms with Crippen LogP contribution in [0.1, 0.15) is 32.0 Å². The molecule has 2 saturated heterocycles. The van der Waals surface area contributed by atoms with Crippen molar-refractivity contribution in [3.05, 3.63) is 11.9 Å². The number of likely N-dealkylation sites (tertiary alicyclic amines) is 1. The van der Waals surface area contributed by atoms with Gasteiger partial charge in [-0.25, -0.2) is 4.68 Å². The van der Waals surface area contributed by atoms with Crippen LogP contribution < -0.4 is 0 Å². The zero-order valence-corrected chi connectivity index (χ0v) is 14.9. The Kier molecular flexibility index (Phi) is 4.60. The largest absolute Gasteiger partial charge is 0.379 e. The van der Waals surface area contributed by atoms with E-state index in [1.54, 1.807) is 0 Å². The Bertz CT molecular complexity index is 555. The van der Waals surface area contributed by atoms with Gasteiger partial charge in [-0.2, -0.15) is 0 Å². The van der Waals surface area contributed by atoms with Crippen molar-refractivity contribution in [3.8, 4) is 0 Å². The van der Waals surface area contributed by atoms with Gasteiger partial charge in [0.05, 0.1) is 43.9 Å². The molecule has 4 heterocycles. The van der Waals surface area contributed by atoms with Crippen LogP contribution >= 0.6 is 0 Å². The van der Waals surface area contributed by atoms with Gasteiger partial charge in [0.1, 0.15) is 0 Å². The van der Waals surface area contributed by atoms with Gasteiger partial charge in [-0.3, -0.25) is 4.90 Å². The van der Waals surface area contributed by atoms with Gasteiger partial charge in [-0.1, -0.05) is 19.1 Å². The maximum Gasteiger partial charge on any atom is 0.0929 e. The van der Waals surface area contributed by atoms with Crippen LogP contribution in [-0.2, 0) is 16.1 Å². The van der Waals surface area contributed by atoms with Crippen molar-refractivity contribution in [1.29, 1.82) is 0 Å². The van der Waals surface area contributed by atoms with Crippen molar-refractivity contribution >= 4 is 0 Å². The van der Waals surface area contributed by atoms with Gasteiger partial charge in [-0.05, 0) is 11.8 Å². The van der Waals surface area contributed by atoms with Crippen molar-refractivity contribution in [3.63, 3.8) is 0 Å². The monoisotopic (exact) mass is 335 g/mol. The van der Waals surface area contributed by atoms with Crippen molar-refractivity contribution in [2.45, 2.75) is 39.0 Å². The second kappa shape index (κ2) is 6.71. The van der Waals surface area contributed by atoms with Crippen LogP contribution in [0.25, 0.3) is 0 Å². The number of nitrogens with zero attached hydrogens (tertiary/aromatic N) is 5. The molecule has 0 radical (unpaired) electrons. The van der Waals surface area contributed by atoms with Crippen LogP contribution in [-0.4, -0.2) is 83.4 Å². The Morgan fingerprint density at radius 2 is 1.96 bits per heavy atom. The van der Waals surface area contributed by atoms with Crippen molar-refractivity contribution in [1.82, 2.24) is 24.8 Å². The predicted molar refractivity (Wildman–Crippen MR) is 89.7 cm³/mol. The zero-order valence-electron chi connectivity index (χ0n) is 14.9. The molecule has 1 aromatic rings. The lowest BCUT2D eigenvalue weighted by molar-refractivity contribution is -0.0718. The first-order valence-corrected chi connectivity index (χ1v) is 9.14. The van der Waals surface area contributed by atoms with E-state index in [-0.39, 0.29) is 11.5 Å². The lowest BCUT2D eigenvalue weighted by atomic mass is 9.90. The molecule has 0 saturated carbocycles. The average Bonchev–Trinajstić information content (AvgIpc) is 3.04. The molecule has 0 N–H and O–H groups in total. The summed E-state index contributed by atoms with van der Waals surface area (Å²) < 4.78 is 13.6.